The van der Waals surface area contributed by atoms with Gasteiger partial charge in [-0.1, -0.05) is 59.9 Å². The first-order chi connectivity index (χ1) is 11.6. The normalized spacial score (nSPS) is 13.2. The van der Waals surface area contributed by atoms with Gasteiger partial charge in [0.25, 0.3) is 0 Å². The average molecular weight is 324 g/mol. The first-order valence-corrected chi connectivity index (χ1v) is 7.86. The minimum Gasteiger partial charge on any atom is -0.325 e. The molecule has 4 heteroatoms. The summed E-state index contributed by atoms with van der Waals surface area (Å²) in [5.74, 6) is -0.825. The second-order valence-electron chi connectivity index (χ2n) is 5.34. The van der Waals surface area contributed by atoms with Gasteiger partial charge in [-0.2, -0.15) is 4.91 Å². The molecular weight excluding hydrogens is 300 g/mol. The van der Waals surface area contributed by atoms with Gasteiger partial charge in [-0.05, 0) is 44.0 Å². The van der Waals surface area contributed by atoms with Gasteiger partial charge >= 0.3 is 0 Å². The average Bonchev–Trinajstić information content (AvgIpc) is 2.58. The fraction of sp³-hybridized carbons (Fsp3) is 0.250. The predicted octanol–water partition coefficient (Wildman–Crippen LogP) is 5.21. The zero-order valence-corrected chi connectivity index (χ0v) is 14.5. The van der Waals surface area contributed by atoms with Gasteiger partial charge < -0.3 is 5.32 Å². The number of rotatable bonds is 8. The number of hydrogen-bond donors (Lipinski definition) is 1. The molecule has 0 aliphatic carbocycles. The Morgan fingerprint density at radius 1 is 1.29 bits per heavy atom. The highest BCUT2D eigenvalue weighted by Gasteiger charge is 2.20. The van der Waals surface area contributed by atoms with Crippen LogP contribution in [0.3, 0.4) is 0 Å². The molecule has 0 aromatic heterocycles. The van der Waals surface area contributed by atoms with Crippen molar-refractivity contribution in [1.29, 1.82) is 0 Å². The minimum atomic E-state index is -0.581. The van der Waals surface area contributed by atoms with Crippen molar-refractivity contribution < 1.29 is 4.79 Å². The van der Waals surface area contributed by atoms with Crippen LogP contribution in [0.25, 0.3) is 12.2 Å². The smallest absolute Gasteiger partial charge is 0.233 e. The zero-order chi connectivity index (χ0) is 17.9. The Balaban J connectivity index is 3.04. The van der Waals surface area contributed by atoms with Gasteiger partial charge in [0.15, 0.2) is 0 Å². The lowest BCUT2D eigenvalue weighted by molar-refractivity contribution is -0.118. The van der Waals surface area contributed by atoms with E-state index in [-0.39, 0.29) is 12.5 Å². The Bertz CT molecular complexity index is 685. The van der Waals surface area contributed by atoms with E-state index in [0.29, 0.717) is 5.69 Å². The predicted molar refractivity (Wildman–Crippen MR) is 103 cm³/mol. The molecule has 1 N–H and O–H groups in total. The fourth-order valence-electron chi connectivity index (χ4n) is 2.26. The summed E-state index contributed by atoms with van der Waals surface area (Å²) in [6.07, 6.45) is 11.2. The van der Waals surface area contributed by atoms with E-state index in [1.165, 1.54) is 0 Å². The highest BCUT2D eigenvalue weighted by Crippen LogP contribution is 2.21. The lowest BCUT2D eigenvalue weighted by atomic mass is 9.98. The molecule has 0 aliphatic rings. The van der Waals surface area contributed by atoms with Crippen molar-refractivity contribution in [3.05, 3.63) is 70.7 Å². The first kappa shape index (κ1) is 19.3. The topological polar surface area (TPSA) is 58.5 Å². The van der Waals surface area contributed by atoms with E-state index >= 15 is 0 Å². The molecule has 1 aromatic rings. The Kier molecular flexibility index (Phi) is 8.13. The van der Waals surface area contributed by atoms with Crippen molar-refractivity contribution in [3.8, 4) is 0 Å². The van der Waals surface area contributed by atoms with Gasteiger partial charge in [-0.25, -0.2) is 0 Å². The summed E-state index contributed by atoms with van der Waals surface area (Å²) in [7, 11) is 0. The monoisotopic (exact) mass is 324 g/mol. The molecule has 0 saturated carbocycles. The molecule has 0 spiro atoms. The number of hydrogen-bond acceptors (Lipinski definition) is 3. The van der Waals surface area contributed by atoms with Crippen LogP contribution in [0.2, 0.25) is 0 Å². The van der Waals surface area contributed by atoms with Crippen LogP contribution >= 0.6 is 0 Å². The number of carbonyl (C=O) groups excluding carboxylic acids is 1. The number of allylic oxidation sites excluding steroid dienone is 4. The van der Waals surface area contributed by atoms with Crippen molar-refractivity contribution in [2.75, 3.05) is 11.9 Å². The zero-order valence-electron chi connectivity index (χ0n) is 14.5. The van der Waals surface area contributed by atoms with Crippen LogP contribution in [0.1, 0.15) is 31.9 Å². The Hall–Kier alpha value is -2.75. The third-order valence-corrected chi connectivity index (χ3v) is 3.60. The minimum absolute atomic E-state index is 0.0851. The molecule has 4 nitrogen and oxygen atoms in total. The molecule has 0 heterocycles. The van der Waals surface area contributed by atoms with Gasteiger partial charge in [0.2, 0.25) is 5.91 Å². The lowest BCUT2D eigenvalue weighted by Gasteiger charge is -2.15. The second-order valence-corrected chi connectivity index (χ2v) is 5.34. The van der Waals surface area contributed by atoms with Crippen molar-refractivity contribution in [2.24, 2.45) is 11.1 Å². The van der Waals surface area contributed by atoms with Crippen molar-refractivity contribution in [3.63, 3.8) is 0 Å². The van der Waals surface area contributed by atoms with Crippen molar-refractivity contribution >= 4 is 23.7 Å². The Morgan fingerprint density at radius 3 is 2.62 bits per heavy atom. The van der Waals surface area contributed by atoms with Gasteiger partial charge in [-0.15, -0.1) is 0 Å². The molecule has 0 fully saturated rings. The number of anilines is 1. The van der Waals surface area contributed by atoms with Gasteiger partial charge in [0.05, 0.1) is 12.5 Å². The summed E-state index contributed by atoms with van der Waals surface area (Å²) < 4.78 is 0. The van der Waals surface area contributed by atoms with Gasteiger partial charge in [-0.3, -0.25) is 4.79 Å². The van der Waals surface area contributed by atoms with Crippen LogP contribution in [0, 0.1) is 10.8 Å². The highest BCUT2D eigenvalue weighted by molar-refractivity contribution is 5.95. The van der Waals surface area contributed by atoms with Crippen LogP contribution in [-0.4, -0.2) is 12.5 Å². The van der Waals surface area contributed by atoms with Crippen molar-refractivity contribution in [1.82, 2.24) is 0 Å². The van der Waals surface area contributed by atoms with E-state index in [1.54, 1.807) is 6.08 Å². The maximum Gasteiger partial charge on any atom is 0.233 e. The summed E-state index contributed by atoms with van der Waals surface area (Å²) >= 11 is 0. The molecule has 0 radical (unpaired) electrons. The lowest BCUT2D eigenvalue weighted by Crippen LogP contribution is -2.26. The molecule has 0 saturated heterocycles. The number of nitrogens with zero attached hydrogens (tertiary/aromatic N) is 1. The van der Waals surface area contributed by atoms with Crippen LogP contribution in [0.5, 0.6) is 0 Å². The number of carbonyl (C=O) groups is 1. The van der Waals surface area contributed by atoms with Gasteiger partial charge in [0.1, 0.15) is 0 Å². The molecule has 1 rings (SSSR count). The van der Waals surface area contributed by atoms with E-state index in [0.717, 1.165) is 16.7 Å². The van der Waals surface area contributed by atoms with E-state index in [9.17, 15) is 9.70 Å². The van der Waals surface area contributed by atoms with Crippen LogP contribution in [0.15, 0.2) is 59.8 Å². The number of benzene rings is 1. The molecule has 1 unspecified atom stereocenters. The molecule has 1 atom stereocenters. The fourth-order valence-corrected chi connectivity index (χ4v) is 2.26. The first-order valence-electron chi connectivity index (χ1n) is 7.86. The number of nitrogens with one attached hydrogen (secondary N) is 1. The van der Waals surface area contributed by atoms with E-state index in [1.807, 2.05) is 69.4 Å². The third kappa shape index (κ3) is 5.47. The molecule has 0 aliphatic heterocycles. The summed E-state index contributed by atoms with van der Waals surface area (Å²) in [5, 5.41) is 5.77. The second kappa shape index (κ2) is 10.1. The van der Waals surface area contributed by atoms with Crippen LogP contribution in [0.4, 0.5) is 5.69 Å². The van der Waals surface area contributed by atoms with Crippen LogP contribution in [-0.2, 0) is 4.79 Å². The highest BCUT2D eigenvalue weighted by atomic mass is 16.3. The Morgan fingerprint density at radius 2 is 2.04 bits per heavy atom. The standard InChI is InChI=1S/C20H24N2O2/c1-5-8-10-15(4)19(14-21-24)20(23)22-18-12-11-16(7-3)17(13-18)9-6-2/h5-13,19H,3,14H2,1-2,4H3,(H,22,23)/b8-5-,9-6-,15-10+. The maximum atomic E-state index is 12.5. The van der Waals surface area contributed by atoms with Crippen molar-refractivity contribution in [2.45, 2.75) is 20.8 Å². The largest absolute Gasteiger partial charge is 0.325 e. The maximum absolute atomic E-state index is 12.5. The summed E-state index contributed by atoms with van der Waals surface area (Å²) in [4.78, 5) is 23.2. The van der Waals surface area contributed by atoms with Crippen LogP contribution < -0.4 is 5.32 Å². The Labute approximate surface area is 143 Å². The number of amides is 1. The number of nitroso groups, excluding NO2 is 1. The molecule has 0 bridgehead atoms. The molecule has 1 amide bonds. The third-order valence-electron chi connectivity index (χ3n) is 3.60. The summed E-state index contributed by atoms with van der Waals surface area (Å²) in [6.45, 7) is 9.34. The summed E-state index contributed by atoms with van der Waals surface area (Å²) in [5.41, 5.74) is 3.42. The van der Waals surface area contributed by atoms with E-state index in [2.05, 4.69) is 17.1 Å². The summed E-state index contributed by atoms with van der Waals surface area (Å²) in [6, 6.07) is 5.59. The molecular formula is C20H24N2O2. The molecule has 24 heavy (non-hydrogen) atoms. The molecule has 126 valence electrons. The van der Waals surface area contributed by atoms with Gasteiger partial charge in [0, 0.05) is 5.69 Å². The van der Waals surface area contributed by atoms with E-state index < -0.39 is 5.92 Å². The SMILES string of the molecule is C=Cc1ccc(NC(=O)C(CN=O)/C(C)=C/C=C\C)cc1/C=C\C. The quantitative estimate of drug-likeness (QED) is 0.527. The molecule has 1 aromatic carbocycles. The van der Waals surface area contributed by atoms with E-state index in [4.69, 9.17) is 0 Å².